The SMILES string of the molecule is CO[C@H]1C[C@H](O[C@H]2[C@@H](OC)C[C@H](O[C@H]3CC[C@@]4(C)C(=CC[C@]5(O)[C@@H]4C[C@@H](OC(=O)/C=C/c4ccccc4)[C@@]4(C)[C@]5(O)CC[C@@]4(O)C(C)=O)C3)O[C@@H]2C)O[C@H](C)[C@H]1O. The number of benzene rings is 1. The van der Waals surface area contributed by atoms with E-state index in [0.717, 1.165) is 11.1 Å². The number of aliphatic hydroxyl groups excluding tert-OH is 1. The van der Waals surface area contributed by atoms with E-state index in [1.165, 1.54) is 13.0 Å². The Hall–Kier alpha value is -2.56. The lowest BCUT2D eigenvalue weighted by Crippen LogP contribution is -2.78. The number of fused-ring (bicyclic) bond motifs is 5. The van der Waals surface area contributed by atoms with Crippen LogP contribution in [0.25, 0.3) is 6.08 Å². The lowest BCUT2D eigenvalue weighted by Gasteiger charge is -2.67. The lowest BCUT2D eigenvalue weighted by molar-refractivity contribution is -0.322. The van der Waals surface area contributed by atoms with Gasteiger partial charge in [-0.3, -0.25) is 4.79 Å². The van der Waals surface area contributed by atoms with Crippen LogP contribution in [0.5, 0.6) is 0 Å². The van der Waals surface area contributed by atoms with Crippen molar-refractivity contribution in [1.82, 2.24) is 0 Å². The number of methoxy groups -OCH3 is 2. The second-order valence-electron chi connectivity index (χ2n) is 17.9. The highest BCUT2D eigenvalue weighted by molar-refractivity contribution is 5.88. The normalized spacial score (nSPS) is 47.1. The summed E-state index contributed by atoms with van der Waals surface area (Å²) in [5.74, 6) is -1.75. The van der Waals surface area contributed by atoms with Gasteiger partial charge in [-0.1, -0.05) is 48.9 Å². The topological polar surface area (TPSA) is 180 Å². The molecule has 0 unspecified atom stereocenters. The van der Waals surface area contributed by atoms with Crippen molar-refractivity contribution in [3.8, 4) is 0 Å². The zero-order valence-corrected chi connectivity index (χ0v) is 34.3. The summed E-state index contributed by atoms with van der Waals surface area (Å²) >= 11 is 0. The summed E-state index contributed by atoms with van der Waals surface area (Å²) in [6.45, 7) is 8.69. The average Bonchev–Trinajstić information content (AvgIpc) is 3.42. The number of ketones is 1. The van der Waals surface area contributed by atoms with E-state index in [2.05, 4.69) is 6.92 Å². The molecule has 0 aromatic heterocycles. The van der Waals surface area contributed by atoms with E-state index >= 15 is 0 Å². The maximum absolute atomic E-state index is 13.5. The Balaban J connectivity index is 1.08. The van der Waals surface area contributed by atoms with Crippen LogP contribution in [0.4, 0.5) is 0 Å². The van der Waals surface area contributed by atoms with Gasteiger partial charge in [-0.15, -0.1) is 0 Å². The number of esters is 1. The number of hydrogen-bond donors (Lipinski definition) is 4. The van der Waals surface area contributed by atoms with Crippen LogP contribution in [0, 0.1) is 16.7 Å². The van der Waals surface area contributed by atoms with Crippen molar-refractivity contribution in [3.63, 3.8) is 0 Å². The van der Waals surface area contributed by atoms with Crippen molar-refractivity contribution >= 4 is 17.8 Å². The van der Waals surface area contributed by atoms with E-state index in [4.69, 9.17) is 33.2 Å². The van der Waals surface area contributed by atoms with Gasteiger partial charge in [-0.2, -0.15) is 0 Å². The monoisotopic (exact) mass is 798 g/mol. The lowest BCUT2D eigenvalue weighted by atomic mass is 9.42. The summed E-state index contributed by atoms with van der Waals surface area (Å²) in [6.07, 6.45) is 2.49. The number of Topliss-reactive ketones (excluding diaryl/α,β-unsaturated/α-hetero) is 1. The first-order chi connectivity index (χ1) is 26.9. The summed E-state index contributed by atoms with van der Waals surface area (Å²) in [7, 11) is 3.20. The van der Waals surface area contributed by atoms with Gasteiger partial charge >= 0.3 is 5.97 Å². The van der Waals surface area contributed by atoms with Crippen molar-refractivity contribution in [1.29, 1.82) is 0 Å². The van der Waals surface area contributed by atoms with Gasteiger partial charge in [-0.25, -0.2) is 4.79 Å². The van der Waals surface area contributed by atoms with Crippen LogP contribution in [0.1, 0.15) is 98.0 Å². The number of carbonyl (C=O) groups excluding carboxylic acids is 2. The second kappa shape index (κ2) is 15.8. The van der Waals surface area contributed by atoms with Gasteiger partial charge in [0.25, 0.3) is 0 Å². The third-order valence-corrected chi connectivity index (χ3v) is 15.1. The molecule has 4 aliphatic carbocycles. The van der Waals surface area contributed by atoms with Crippen LogP contribution in [-0.2, 0) is 42.7 Å². The number of aliphatic hydroxyl groups is 4. The minimum Gasteiger partial charge on any atom is -0.458 e. The van der Waals surface area contributed by atoms with Crippen LogP contribution < -0.4 is 0 Å². The average molecular weight is 799 g/mol. The minimum atomic E-state index is -2.02. The second-order valence-corrected chi connectivity index (χ2v) is 17.9. The molecule has 5 fully saturated rings. The van der Waals surface area contributed by atoms with Crippen molar-refractivity contribution < 1.29 is 63.2 Å². The first-order valence-electron chi connectivity index (χ1n) is 20.6. The molecule has 0 amide bonds. The molecule has 1 aromatic rings. The molecule has 0 spiro atoms. The molecule has 316 valence electrons. The molecule has 4 N–H and O–H groups in total. The molecule has 3 saturated carbocycles. The van der Waals surface area contributed by atoms with Gasteiger partial charge < -0.3 is 53.6 Å². The molecule has 7 rings (SSSR count). The molecule has 0 radical (unpaired) electrons. The van der Waals surface area contributed by atoms with Crippen LogP contribution >= 0.6 is 0 Å². The third-order valence-electron chi connectivity index (χ3n) is 15.1. The van der Waals surface area contributed by atoms with Gasteiger partial charge in [0, 0.05) is 39.1 Å². The summed E-state index contributed by atoms with van der Waals surface area (Å²) in [5, 5.41) is 48.1. The fourth-order valence-corrected chi connectivity index (χ4v) is 11.6. The Labute approximate surface area is 335 Å². The predicted molar refractivity (Wildman–Crippen MR) is 206 cm³/mol. The van der Waals surface area contributed by atoms with Gasteiger partial charge in [-0.05, 0) is 89.7 Å². The first kappa shape index (κ1) is 42.6. The summed E-state index contributed by atoms with van der Waals surface area (Å²) in [4.78, 5) is 26.7. The van der Waals surface area contributed by atoms with E-state index in [0.29, 0.717) is 32.1 Å². The standard InChI is InChI=1S/C44H62O13/c1-25-38(47)31(51-6)22-37(53-25)57-39-26(2)54-36(23-32(39)52-7)55-30-16-17-40(4)29(21-30)15-18-43(49)33(40)24-34(56-35(46)14-13-28-11-9-8-10-12-28)41(5)42(48,27(3)45)19-20-44(41,43)50/h8-15,25-26,30-34,36-39,47-50H,16-24H2,1-7H3/b14-13+/t25-,26-,30+,31+,32+,33-,34-,36+,37+,38-,39-,40+,41-,42-,43+,44-/m1/s1. The molecule has 2 saturated heterocycles. The molecule has 6 aliphatic rings. The fourth-order valence-electron chi connectivity index (χ4n) is 11.6. The Kier molecular flexibility index (Phi) is 11.8. The Morgan fingerprint density at radius 1 is 0.877 bits per heavy atom. The predicted octanol–water partition coefficient (Wildman–Crippen LogP) is 4.17. The molecular formula is C44H62O13. The van der Waals surface area contributed by atoms with Crippen molar-refractivity contribution in [2.75, 3.05) is 14.2 Å². The maximum Gasteiger partial charge on any atom is 0.331 e. The molecule has 16 atom stereocenters. The molecule has 2 heterocycles. The third kappa shape index (κ3) is 6.97. The highest BCUT2D eigenvalue weighted by atomic mass is 16.7. The smallest absolute Gasteiger partial charge is 0.331 e. The minimum absolute atomic E-state index is 0.0329. The quantitative estimate of drug-likeness (QED) is 0.151. The Bertz CT molecular complexity index is 1700. The van der Waals surface area contributed by atoms with Crippen LogP contribution in [0.2, 0.25) is 0 Å². The first-order valence-corrected chi connectivity index (χ1v) is 20.6. The molecule has 13 nitrogen and oxygen atoms in total. The summed E-state index contributed by atoms with van der Waals surface area (Å²) in [6, 6.07) is 9.31. The molecule has 0 bridgehead atoms. The number of hydrogen-bond acceptors (Lipinski definition) is 13. The van der Waals surface area contributed by atoms with E-state index in [9.17, 15) is 30.0 Å². The van der Waals surface area contributed by atoms with Gasteiger partial charge in [0.15, 0.2) is 18.4 Å². The highest BCUT2D eigenvalue weighted by Crippen LogP contribution is 2.71. The van der Waals surface area contributed by atoms with Crippen LogP contribution in [0.3, 0.4) is 0 Å². The van der Waals surface area contributed by atoms with Crippen molar-refractivity contribution in [2.24, 2.45) is 16.7 Å². The van der Waals surface area contributed by atoms with E-state index in [1.807, 2.05) is 43.3 Å². The zero-order chi connectivity index (χ0) is 41.1. The summed E-state index contributed by atoms with van der Waals surface area (Å²) in [5.41, 5.74) is -6.08. The van der Waals surface area contributed by atoms with Gasteiger partial charge in [0.2, 0.25) is 0 Å². The number of carbonyl (C=O) groups is 2. The number of ether oxygens (including phenoxy) is 7. The van der Waals surface area contributed by atoms with Crippen LogP contribution in [0.15, 0.2) is 48.1 Å². The van der Waals surface area contributed by atoms with E-state index in [-0.39, 0.29) is 37.9 Å². The van der Waals surface area contributed by atoms with Crippen LogP contribution in [-0.4, -0.2) is 125 Å². The van der Waals surface area contributed by atoms with Crippen molar-refractivity contribution in [3.05, 3.63) is 53.6 Å². The molecular weight excluding hydrogens is 736 g/mol. The Morgan fingerprint density at radius 2 is 1.54 bits per heavy atom. The molecule has 13 heteroatoms. The van der Waals surface area contributed by atoms with Gasteiger partial charge in [0.1, 0.15) is 35.1 Å². The molecule has 2 aliphatic heterocycles. The summed E-state index contributed by atoms with van der Waals surface area (Å²) < 4.78 is 42.9. The van der Waals surface area contributed by atoms with Crippen molar-refractivity contribution in [2.45, 2.75) is 171 Å². The number of rotatable bonds is 10. The zero-order valence-electron chi connectivity index (χ0n) is 34.3. The fraction of sp³-hybridized carbons (Fsp3) is 0.727. The van der Waals surface area contributed by atoms with E-state index in [1.54, 1.807) is 34.1 Å². The molecule has 1 aromatic carbocycles. The highest BCUT2D eigenvalue weighted by Gasteiger charge is 2.81. The molecule has 57 heavy (non-hydrogen) atoms. The largest absolute Gasteiger partial charge is 0.458 e. The van der Waals surface area contributed by atoms with Gasteiger partial charge in [0.05, 0.1) is 35.9 Å². The van der Waals surface area contributed by atoms with E-state index < -0.39 is 94.5 Å². The Morgan fingerprint density at radius 3 is 2.23 bits per heavy atom. The maximum atomic E-state index is 13.5.